The van der Waals surface area contributed by atoms with Crippen molar-refractivity contribution >= 4 is 31.2 Å². The number of esters is 3. The van der Waals surface area contributed by atoms with Gasteiger partial charge in [-0.25, -0.2) is 0 Å². The smallest absolute Gasteiger partial charge is 0.334 e. The second-order valence-electron chi connectivity index (χ2n) is 7.29. The van der Waals surface area contributed by atoms with Crippen molar-refractivity contribution in [1.29, 1.82) is 0 Å². The Kier molecular flexibility index (Phi) is 3.87. The Morgan fingerprint density at radius 2 is 1.92 bits per heavy atom. The van der Waals surface area contributed by atoms with E-state index >= 15 is 0 Å². The van der Waals surface area contributed by atoms with E-state index in [0.717, 1.165) is 10.8 Å². The Morgan fingerprint density at radius 1 is 1.24 bits per heavy atom. The number of fused-ring (bicyclic) bond motifs is 3. The molecule has 6 nitrogen and oxygen atoms in total. The van der Waals surface area contributed by atoms with Crippen LogP contribution in [0, 0.1) is 5.41 Å². The molecule has 2 aliphatic rings. The highest BCUT2D eigenvalue weighted by atomic mass is 28.3. The summed E-state index contributed by atoms with van der Waals surface area (Å²) in [6.45, 7) is 7.76. The van der Waals surface area contributed by atoms with Crippen LogP contribution >= 0.6 is 0 Å². The first-order valence-corrected chi connectivity index (χ1v) is 11.5. The van der Waals surface area contributed by atoms with E-state index in [-0.39, 0.29) is 0 Å². The minimum absolute atomic E-state index is 0.293. The number of benzene rings is 1. The molecular weight excluding hydrogens is 340 g/mol. The van der Waals surface area contributed by atoms with Crippen molar-refractivity contribution in [3.05, 3.63) is 35.6 Å². The van der Waals surface area contributed by atoms with Crippen LogP contribution in [0.1, 0.15) is 18.4 Å². The van der Waals surface area contributed by atoms with Crippen molar-refractivity contribution in [2.45, 2.75) is 32.5 Å². The second-order valence-corrected chi connectivity index (χ2v) is 12.3. The standard InChI is InChI=1S/C18H20O6Si/c1-10(19)23-12-9-18(16(20)22-2)15(12)14-11(24-17(18)21)7-6-8-13(14)25(3,4)5/h6-9,15H,1-5H3/t15-,18-/m0/s1. The summed E-state index contributed by atoms with van der Waals surface area (Å²) in [4.78, 5) is 36.6. The van der Waals surface area contributed by atoms with Crippen molar-refractivity contribution in [3.63, 3.8) is 0 Å². The Morgan fingerprint density at radius 3 is 2.48 bits per heavy atom. The van der Waals surface area contributed by atoms with Crippen LogP contribution in [-0.2, 0) is 23.9 Å². The molecule has 2 atom stereocenters. The lowest BCUT2D eigenvalue weighted by Gasteiger charge is -2.46. The van der Waals surface area contributed by atoms with Crippen molar-refractivity contribution in [1.82, 2.24) is 0 Å². The number of carbonyl (C=O) groups excluding carboxylic acids is 3. The lowest BCUT2D eigenvalue weighted by atomic mass is 9.61. The van der Waals surface area contributed by atoms with E-state index in [0.29, 0.717) is 11.5 Å². The maximum atomic E-state index is 12.6. The number of hydrogen-bond acceptors (Lipinski definition) is 6. The summed E-state index contributed by atoms with van der Waals surface area (Å²) in [5.41, 5.74) is -0.854. The molecular formula is C18H20O6Si. The second kappa shape index (κ2) is 5.55. The SMILES string of the molecule is COC(=O)[C@]12C=C(OC(C)=O)[C@H]1c1c(cccc1[Si](C)(C)C)OC2=O. The number of methoxy groups -OCH3 is 1. The van der Waals surface area contributed by atoms with Gasteiger partial charge in [0.05, 0.1) is 21.1 Å². The molecule has 0 radical (unpaired) electrons. The zero-order chi connectivity index (χ0) is 18.6. The quantitative estimate of drug-likeness (QED) is 0.354. The fraction of sp³-hybridized carbons (Fsp3) is 0.389. The van der Waals surface area contributed by atoms with E-state index in [1.807, 2.05) is 12.1 Å². The van der Waals surface area contributed by atoms with Gasteiger partial charge in [-0.2, -0.15) is 0 Å². The van der Waals surface area contributed by atoms with Gasteiger partial charge in [0.1, 0.15) is 11.5 Å². The van der Waals surface area contributed by atoms with Gasteiger partial charge < -0.3 is 14.2 Å². The van der Waals surface area contributed by atoms with E-state index in [2.05, 4.69) is 19.6 Å². The molecule has 132 valence electrons. The molecule has 0 spiro atoms. The van der Waals surface area contributed by atoms with Crippen LogP contribution in [0.15, 0.2) is 30.0 Å². The zero-order valence-corrected chi connectivity index (χ0v) is 15.8. The van der Waals surface area contributed by atoms with E-state index in [9.17, 15) is 14.4 Å². The largest absolute Gasteiger partial charge is 0.468 e. The van der Waals surface area contributed by atoms with Crippen molar-refractivity contribution in [2.75, 3.05) is 7.11 Å². The fourth-order valence-electron chi connectivity index (χ4n) is 3.52. The third-order valence-electron chi connectivity index (χ3n) is 4.60. The van der Waals surface area contributed by atoms with Crippen molar-refractivity contribution in [2.24, 2.45) is 5.41 Å². The molecule has 1 aromatic rings. The van der Waals surface area contributed by atoms with E-state index in [1.165, 1.54) is 20.1 Å². The van der Waals surface area contributed by atoms with E-state index in [1.54, 1.807) is 6.07 Å². The van der Waals surface area contributed by atoms with Gasteiger partial charge >= 0.3 is 17.9 Å². The van der Waals surface area contributed by atoms with Gasteiger partial charge in [0.15, 0.2) is 0 Å². The van der Waals surface area contributed by atoms with E-state index in [4.69, 9.17) is 14.2 Å². The zero-order valence-electron chi connectivity index (χ0n) is 14.8. The molecule has 0 N–H and O–H groups in total. The monoisotopic (exact) mass is 360 g/mol. The van der Waals surface area contributed by atoms with Crippen LogP contribution in [0.25, 0.3) is 0 Å². The highest BCUT2D eigenvalue weighted by Gasteiger charge is 2.66. The van der Waals surface area contributed by atoms with Gasteiger partial charge in [0.2, 0.25) is 5.41 Å². The average Bonchev–Trinajstić information content (AvgIpc) is 2.49. The van der Waals surface area contributed by atoms with Crippen LogP contribution in [0.5, 0.6) is 5.75 Å². The fourth-order valence-corrected chi connectivity index (χ4v) is 5.19. The molecule has 0 saturated carbocycles. The lowest BCUT2D eigenvalue weighted by molar-refractivity contribution is -0.169. The number of allylic oxidation sites excluding steroid dienone is 1. The average molecular weight is 360 g/mol. The molecule has 0 bridgehead atoms. The summed E-state index contributed by atoms with van der Waals surface area (Å²) >= 11 is 0. The molecule has 0 aromatic heterocycles. The third-order valence-corrected chi connectivity index (χ3v) is 6.65. The normalized spacial score (nSPS) is 24.1. The molecule has 0 amide bonds. The minimum Gasteiger partial charge on any atom is -0.468 e. The summed E-state index contributed by atoms with van der Waals surface area (Å²) < 4.78 is 15.6. The molecule has 0 unspecified atom stereocenters. The van der Waals surface area contributed by atoms with Crippen LogP contribution in [-0.4, -0.2) is 33.1 Å². The van der Waals surface area contributed by atoms with Crippen LogP contribution in [0.4, 0.5) is 0 Å². The van der Waals surface area contributed by atoms with Gasteiger partial charge in [0, 0.05) is 12.5 Å². The molecule has 1 aromatic carbocycles. The first kappa shape index (κ1) is 17.4. The lowest BCUT2D eigenvalue weighted by Crippen LogP contribution is -2.57. The van der Waals surface area contributed by atoms with Gasteiger partial charge in [-0.1, -0.05) is 37.0 Å². The minimum atomic E-state index is -1.83. The summed E-state index contributed by atoms with van der Waals surface area (Å²) in [7, 11) is -0.609. The maximum Gasteiger partial charge on any atom is 0.334 e. The summed E-state index contributed by atoms with van der Waals surface area (Å²) in [6.07, 6.45) is 1.34. The number of rotatable bonds is 3. The van der Waals surface area contributed by atoms with Gasteiger partial charge in [-0.15, -0.1) is 0 Å². The van der Waals surface area contributed by atoms with Gasteiger partial charge in [-0.3, -0.25) is 14.4 Å². The Hall–Kier alpha value is -2.41. The topological polar surface area (TPSA) is 78.9 Å². The molecule has 25 heavy (non-hydrogen) atoms. The molecule has 0 fully saturated rings. The summed E-state index contributed by atoms with van der Waals surface area (Å²) in [5.74, 6) is -1.93. The molecule has 7 heteroatoms. The van der Waals surface area contributed by atoms with Crippen molar-refractivity contribution in [3.8, 4) is 5.75 Å². The van der Waals surface area contributed by atoms with Crippen LogP contribution < -0.4 is 9.92 Å². The first-order valence-electron chi connectivity index (χ1n) is 7.98. The molecule has 1 heterocycles. The summed E-state index contributed by atoms with van der Waals surface area (Å²) in [6, 6.07) is 5.51. The van der Waals surface area contributed by atoms with Gasteiger partial charge in [-0.05, 0) is 12.1 Å². The molecule has 1 aliphatic carbocycles. The Labute approximate surface area is 146 Å². The molecule has 3 rings (SSSR count). The van der Waals surface area contributed by atoms with Gasteiger partial charge in [0.25, 0.3) is 0 Å². The predicted octanol–water partition coefficient (Wildman–Crippen LogP) is 1.85. The van der Waals surface area contributed by atoms with Crippen LogP contribution in [0.2, 0.25) is 19.6 Å². The number of hydrogen-bond donors (Lipinski definition) is 0. The maximum absolute atomic E-state index is 12.6. The number of carbonyl (C=O) groups is 3. The molecule has 1 aliphatic heterocycles. The third kappa shape index (κ3) is 2.41. The van der Waals surface area contributed by atoms with E-state index < -0.39 is 37.3 Å². The first-order chi connectivity index (χ1) is 11.6. The highest BCUT2D eigenvalue weighted by molar-refractivity contribution is 6.89. The molecule has 0 saturated heterocycles. The predicted molar refractivity (Wildman–Crippen MR) is 92.1 cm³/mol. The summed E-state index contributed by atoms with van der Waals surface area (Å²) in [5, 5.41) is 1.05. The van der Waals surface area contributed by atoms with Crippen LogP contribution in [0.3, 0.4) is 0 Å². The highest BCUT2D eigenvalue weighted by Crippen LogP contribution is 2.58. The Balaban J connectivity index is 2.27. The van der Waals surface area contributed by atoms with Crippen molar-refractivity contribution < 1.29 is 28.6 Å². The number of ether oxygens (including phenoxy) is 3. The Bertz CT molecular complexity index is 819.